The summed E-state index contributed by atoms with van der Waals surface area (Å²) in [7, 11) is 0. The normalized spacial score (nSPS) is 24.5. The second kappa shape index (κ2) is 7.98. The van der Waals surface area contributed by atoms with Gasteiger partial charge in [0.2, 0.25) is 0 Å². The van der Waals surface area contributed by atoms with Gasteiger partial charge in [-0.05, 0) is 44.2 Å². The Morgan fingerprint density at radius 1 is 1.18 bits per heavy atom. The Bertz CT molecular complexity index is 451. The standard InChI is InChI=1S/C19H31NO2/c1-14(2)18-10-5-6-11-19(18)22-13-17(21)12-20-15(3)8-7-9-16(20)4/h5-6,10-11,14-17,21H,7-9,12-13H2,1-4H3/t15-,16-,17+/m0/s1. The highest BCUT2D eigenvalue weighted by atomic mass is 16.5. The molecule has 3 atom stereocenters. The number of β-amino-alcohol motifs (C(OH)–C–C–N with tert-alkyl or cyclic N) is 1. The van der Waals surface area contributed by atoms with Gasteiger partial charge in [0.15, 0.2) is 0 Å². The first-order chi connectivity index (χ1) is 10.5. The van der Waals surface area contributed by atoms with Crippen molar-refractivity contribution in [3.8, 4) is 5.75 Å². The summed E-state index contributed by atoms with van der Waals surface area (Å²) in [5.41, 5.74) is 1.20. The van der Waals surface area contributed by atoms with E-state index in [4.69, 9.17) is 4.74 Å². The number of likely N-dealkylation sites (tertiary alicyclic amines) is 1. The SMILES string of the molecule is CC(C)c1ccccc1OC[C@H](O)CN1[C@@H](C)CCC[C@@H]1C. The highest BCUT2D eigenvalue weighted by molar-refractivity contribution is 5.35. The minimum Gasteiger partial charge on any atom is -0.491 e. The lowest BCUT2D eigenvalue weighted by Crippen LogP contribution is -2.48. The van der Waals surface area contributed by atoms with E-state index in [9.17, 15) is 5.11 Å². The van der Waals surface area contributed by atoms with Gasteiger partial charge in [-0.25, -0.2) is 0 Å². The molecule has 1 aromatic carbocycles. The van der Waals surface area contributed by atoms with Gasteiger partial charge >= 0.3 is 0 Å². The molecule has 1 N–H and O–H groups in total. The first kappa shape index (κ1) is 17.3. The van der Waals surface area contributed by atoms with E-state index < -0.39 is 6.10 Å². The third kappa shape index (κ3) is 4.47. The Labute approximate surface area is 135 Å². The number of para-hydroxylation sites is 1. The van der Waals surface area contributed by atoms with Crippen LogP contribution in [0.2, 0.25) is 0 Å². The number of piperidine rings is 1. The van der Waals surface area contributed by atoms with E-state index >= 15 is 0 Å². The smallest absolute Gasteiger partial charge is 0.122 e. The van der Waals surface area contributed by atoms with Crippen molar-refractivity contribution in [3.05, 3.63) is 29.8 Å². The van der Waals surface area contributed by atoms with E-state index in [1.807, 2.05) is 18.2 Å². The van der Waals surface area contributed by atoms with Crippen molar-refractivity contribution in [1.29, 1.82) is 0 Å². The summed E-state index contributed by atoms with van der Waals surface area (Å²) in [6, 6.07) is 9.23. The minimum absolute atomic E-state index is 0.361. The molecule has 3 heteroatoms. The van der Waals surface area contributed by atoms with Crippen molar-refractivity contribution in [3.63, 3.8) is 0 Å². The molecule has 1 saturated heterocycles. The number of benzene rings is 1. The van der Waals surface area contributed by atoms with Gasteiger partial charge in [0.1, 0.15) is 18.5 Å². The molecule has 0 bridgehead atoms. The van der Waals surface area contributed by atoms with Crippen LogP contribution in [-0.2, 0) is 0 Å². The van der Waals surface area contributed by atoms with Crippen molar-refractivity contribution >= 4 is 0 Å². The Balaban J connectivity index is 1.89. The highest BCUT2D eigenvalue weighted by Crippen LogP contribution is 2.26. The van der Waals surface area contributed by atoms with Gasteiger partial charge in [0.25, 0.3) is 0 Å². The molecular weight excluding hydrogens is 274 g/mol. The number of nitrogens with zero attached hydrogens (tertiary/aromatic N) is 1. The van der Waals surface area contributed by atoms with Gasteiger partial charge in [0.05, 0.1) is 0 Å². The van der Waals surface area contributed by atoms with E-state index in [1.165, 1.54) is 24.8 Å². The molecule has 0 radical (unpaired) electrons. The topological polar surface area (TPSA) is 32.7 Å². The fourth-order valence-electron chi connectivity index (χ4n) is 3.41. The summed E-state index contributed by atoms with van der Waals surface area (Å²) in [6.07, 6.45) is 3.32. The van der Waals surface area contributed by atoms with Crippen molar-refractivity contribution in [2.45, 2.75) is 71.1 Å². The summed E-state index contributed by atoms with van der Waals surface area (Å²) < 4.78 is 5.90. The van der Waals surface area contributed by atoms with E-state index in [2.05, 4.69) is 38.7 Å². The predicted octanol–water partition coefficient (Wildman–Crippen LogP) is 3.81. The van der Waals surface area contributed by atoms with Crippen LogP contribution in [0.4, 0.5) is 0 Å². The molecule has 22 heavy (non-hydrogen) atoms. The summed E-state index contributed by atoms with van der Waals surface area (Å²) in [5.74, 6) is 1.33. The largest absolute Gasteiger partial charge is 0.491 e. The number of ether oxygens (including phenoxy) is 1. The third-order valence-electron chi connectivity index (χ3n) is 4.77. The number of rotatable bonds is 6. The number of hydrogen-bond acceptors (Lipinski definition) is 3. The Hall–Kier alpha value is -1.06. The average molecular weight is 305 g/mol. The molecule has 0 saturated carbocycles. The summed E-state index contributed by atoms with van der Waals surface area (Å²) >= 11 is 0. The molecule has 0 spiro atoms. The Kier molecular flexibility index (Phi) is 6.27. The van der Waals surface area contributed by atoms with E-state index in [-0.39, 0.29) is 0 Å². The highest BCUT2D eigenvalue weighted by Gasteiger charge is 2.26. The zero-order valence-corrected chi connectivity index (χ0v) is 14.5. The molecule has 1 aliphatic heterocycles. The monoisotopic (exact) mass is 305 g/mol. The van der Waals surface area contributed by atoms with Crippen LogP contribution in [-0.4, -0.2) is 41.3 Å². The van der Waals surface area contributed by atoms with Crippen LogP contribution in [0.15, 0.2) is 24.3 Å². The fraction of sp³-hybridized carbons (Fsp3) is 0.684. The van der Waals surface area contributed by atoms with Crippen LogP contribution in [0.25, 0.3) is 0 Å². The fourth-order valence-corrected chi connectivity index (χ4v) is 3.41. The lowest BCUT2D eigenvalue weighted by atomic mass is 9.97. The minimum atomic E-state index is -0.441. The number of aliphatic hydroxyl groups is 1. The van der Waals surface area contributed by atoms with Crippen molar-refractivity contribution < 1.29 is 9.84 Å². The maximum atomic E-state index is 10.4. The van der Waals surface area contributed by atoms with Gasteiger partial charge in [-0.3, -0.25) is 4.90 Å². The van der Waals surface area contributed by atoms with Gasteiger partial charge in [-0.2, -0.15) is 0 Å². The van der Waals surface area contributed by atoms with E-state index in [1.54, 1.807) is 0 Å². The summed E-state index contributed by atoms with van der Waals surface area (Å²) in [5, 5.41) is 10.4. The Morgan fingerprint density at radius 2 is 1.82 bits per heavy atom. The molecule has 0 unspecified atom stereocenters. The van der Waals surface area contributed by atoms with Crippen molar-refractivity contribution in [1.82, 2.24) is 4.90 Å². The van der Waals surface area contributed by atoms with Gasteiger partial charge in [0, 0.05) is 18.6 Å². The molecule has 1 aromatic rings. The molecule has 2 rings (SSSR count). The lowest BCUT2D eigenvalue weighted by molar-refractivity contribution is 0.0207. The van der Waals surface area contributed by atoms with Crippen LogP contribution < -0.4 is 4.74 Å². The molecule has 1 heterocycles. The van der Waals surface area contributed by atoms with E-state index in [0.717, 1.165) is 5.75 Å². The molecule has 0 amide bonds. The first-order valence-corrected chi connectivity index (χ1v) is 8.64. The van der Waals surface area contributed by atoms with Gasteiger partial charge < -0.3 is 9.84 Å². The average Bonchev–Trinajstić information content (AvgIpc) is 2.49. The van der Waals surface area contributed by atoms with Crippen LogP contribution in [0.3, 0.4) is 0 Å². The molecule has 0 aromatic heterocycles. The lowest BCUT2D eigenvalue weighted by Gasteiger charge is -2.40. The zero-order chi connectivity index (χ0) is 16.1. The van der Waals surface area contributed by atoms with Crippen LogP contribution in [0, 0.1) is 0 Å². The third-order valence-corrected chi connectivity index (χ3v) is 4.77. The van der Waals surface area contributed by atoms with Crippen molar-refractivity contribution in [2.24, 2.45) is 0 Å². The summed E-state index contributed by atoms with van der Waals surface area (Å²) in [6.45, 7) is 9.91. The predicted molar refractivity (Wildman–Crippen MR) is 91.5 cm³/mol. The van der Waals surface area contributed by atoms with E-state index in [0.29, 0.717) is 31.2 Å². The van der Waals surface area contributed by atoms with Crippen LogP contribution >= 0.6 is 0 Å². The molecule has 3 nitrogen and oxygen atoms in total. The summed E-state index contributed by atoms with van der Waals surface area (Å²) in [4.78, 5) is 2.42. The molecule has 1 aliphatic rings. The number of aliphatic hydroxyl groups excluding tert-OH is 1. The van der Waals surface area contributed by atoms with Crippen molar-refractivity contribution in [2.75, 3.05) is 13.2 Å². The molecular formula is C19H31NO2. The zero-order valence-electron chi connectivity index (χ0n) is 14.5. The van der Waals surface area contributed by atoms with Crippen LogP contribution in [0.1, 0.15) is 58.4 Å². The van der Waals surface area contributed by atoms with Crippen LogP contribution in [0.5, 0.6) is 5.75 Å². The second-order valence-corrected chi connectivity index (χ2v) is 6.98. The molecule has 1 fully saturated rings. The second-order valence-electron chi connectivity index (χ2n) is 6.98. The maximum absolute atomic E-state index is 10.4. The molecule has 124 valence electrons. The first-order valence-electron chi connectivity index (χ1n) is 8.64. The maximum Gasteiger partial charge on any atom is 0.122 e. The Morgan fingerprint density at radius 3 is 2.45 bits per heavy atom. The van der Waals surface area contributed by atoms with Gasteiger partial charge in [-0.1, -0.05) is 38.5 Å². The molecule has 0 aliphatic carbocycles. The number of hydrogen-bond donors (Lipinski definition) is 1. The quantitative estimate of drug-likeness (QED) is 0.867. The van der Waals surface area contributed by atoms with Gasteiger partial charge in [-0.15, -0.1) is 0 Å².